The second kappa shape index (κ2) is 11.2. The molecule has 0 spiro atoms. The van der Waals surface area contributed by atoms with Gasteiger partial charge in [-0.15, -0.1) is 0 Å². The molecule has 3 N–H and O–H groups in total. The molecule has 2 rings (SSSR count). The van der Waals surface area contributed by atoms with Crippen LogP contribution in [0.25, 0.3) is 0 Å². The van der Waals surface area contributed by atoms with Crippen LogP contribution in [-0.2, 0) is 4.79 Å². The molecule has 1 amide bonds. The quantitative estimate of drug-likeness (QED) is 0.424. The van der Waals surface area contributed by atoms with Gasteiger partial charge in [-0.2, -0.15) is 0 Å². The fourth-order valence-electron chi connectivity index (χ4n) is 3.92. The molecule has 0 saturated heterocycles. The number of carbonyl (C=O) groups is 1. The first-order valence-electron chi connectivity index (χ1n) is 11.0. The first kappa shape index (κ1) is 24.0. The average Bonchev–Trinajstić information content (AvgIpc) is 3.19. The van der Waals surface area contributed by atoms with Crippen LogP contribution >= 0.6 is 0 Å². The summed E-state index contributed by atoms with van der Waals surface area (Å²) in [5.41, 5.74) is 0.374. The number of nitrogens with one attached hydrogen (secondary N) is 2. The molecule has 1 aromatic carbocycles. The lowest BCUT2D eigenvalue weighted by Crippen LogP contribution is -2.43. The van der Waals surface area contributed by atoms with Gasteiger partial charge in [-0.25, -0.2) is 0 Å². The van der Waals surface area contributed by atoms with Gasteiger partial charge >= 0.3 is 0 Å². The number of hydrogen-bond acceptors (Lipinski definition) is 4. The minimum atomic E-state index is -0.701. The van der Waals surface area contributed by atoms with Gasteiger partial charge < -0.3 is 25.4 Å². The third-order valence-corrected chi connectivity index (χ3v) is 5.38. The van der Waals surface area contributed by atoms with Crippen molar-refractivity contribution >= 4 is 11.9 Å². The summed E-state index contributed by atoms with van der Waals surface area (Å²) in [7, 11) is 3.62. The van der Waals surface area contributed by atoms with E-state index in [1.54, 1.807) is 4.90 Å². The molecule has 7 heteroatoms. The van der Waals surface area contributed by atoms with Gasteiger partial charge in [0, 0.05) is 27.2 Å². The molecule has 0 aliphatic heterocycles. The van der Waals surface area contributed by atoms with E-state index >= 15 is 0 Å². The minimum absolute atomic E-state index is 0.0794. The van der Waals surface area contributed by atoms with Crippen molar-refractivity contribution < 1.29 is 14.6 Å². The molecule has 0 heterocycles. The Bertz CT molecular complexity index is 712. The van der Waals surface area contributed by atoms with Gasteiger partial charge in [-0.05, 0) is 51.3 Å². The summed E-state index contributed by atoms with van der Waals surface area (Å²) in [6.45, 7) is 7.41. The highest BCUT2D eigenvalue weighted by Gasteiger charge is 2.42. The van der Waals surface area contributed by atoms with Crippen molar-refractivity contribution in [2.24, 2.45) is 10.4 Å². The van der Waals surface area contributed by atoms with E-state index in [0.29, 0.717) is 25.6 Å². The lowest BCUT2D eigenvalue weighted by molar-refractivity contribution is -0.138. The van der Waals surface area contributed by atoms with E-state index in [0.717, 1.165) is 37.0 Å². The number of carbonyl (C=O) groups excluding carboxylic acids is 1. The van der Waals surface area contributed by atoms with Crippen molar-refractivity contribution in [3.63, 3.8) is 0 Å². The topological polar surface area (TPSA) is 86.2 Å². The highest BCUT2D eigenvalue weighted by Crippen LogP contribution is 2.39. The second-order valence-electron chi connectivity index (χ2n) is 8.52. The van der Waals surface area contributed by atoms with Crippen LogP contribution in [-0.4, -0.2) is 61.7 Å². The highest BCUT2D eigenvalue weighted by atomic mass is 16.5. The maximum atomic E-state index is 12.8. The normalized spacial score (nSPS) is 17.0. The fraction of sp³-hybridized carbons (Fsp3) is 0.652. The summed E-state index contributed by atoms with van der Waals surface area (Å²) < 4.78 is 5.71. The standard InChI is InChI=1S/C23H38N4O3/c1-6-24-22(26-16-23(12-7-8-13-23)21(29)27(4)5)25-15-20(28)18-10-9-11-19(14-18)30-17(2)3/h9-11,14,17,20,28H,6-8,12-13,15-16H2,1-5H3,(H2,24,25,26). The summed E-state index contributed by atoms with van der Waals surface area (Å²) in [5, 5.41) is 17.1. The van der Waals surface area contributed by atoms with E-state index in [-0.39, 0.29) is 12.0 Å². The molecule has 0 aromatic heterocycles. The molecule has 1 aromatic rings. The van der Waals surface area contributed by atoms with Gasteiger partial charge in [0.2, 0.25) is 5.91 Å². The van der Waals surface area contributed by atoms with Gasteiger partial charge in [-0.1, -0.05) is 25.0 Å². The molecule has 1 saturated carbocycles. The molecular formula is C23H38N4O3. The molecule has 7 nitrogen and oxygen atoms in total. The summed E-state index contributed by atoms with van der Waals surface area (Å²) in [4.78, 5) is 19.1. The maximum absolute atomic E-state index is 12.8. The maximum Gasteiger partial charge on any atom is 0.230 e. The van der Waals surface area contributed by atoms with Crippen LogP contribution in [0, 0.1) is 5.41 Å². The van der Waals surface area contributed by atoms with Gasteiger partial charge in [0.05, 0.1) is 24.2 Å². The zero-order valence-electron chi connectivity index (χ0n) is 19.1. The number of aliphatic hydroxyl groups excluding tert-OH is 1. The molecule has 0 radical (unpaired) electrons. The SMILES string of the molecule is CCNC(=NCC1(C(=O)N(C)C)CCCC1)NCC(O)c1cccc(OC(C)C)c1. The number of rotatable bonds is 9. The first-order valence-corrected chi connectivity index (χ1v) is 11.0. The van der Waals surface area contributed by atoms with Crippen LogP contribution in [0.3, 0.4) is 0 Å². The molecule has 30 heavy (non-hydrogen) atoms. The van der Waals surface area contributed by atoms with E-state index in [1.807, 2.05) is 59.1 Å². The zero-order valence-corrected chi connectivity index (χ0v) is 19.1. The fourth-order valence-corrected chi connectivity index (χ4v) is 3.92. The Morgan fingerprint density at radius 2 is 1.97 bits per heavy atom. The van der Waals surface area contributed by atoms with Crippen LogP contribution in [0.5, 0.6) is 5.75 Å². The number of benzene rings is 1. The number of guanidine groups is 1. The smallest absolute Gasteiger partial charge is 0.230 e. The van der Waals surface area contributed by atoms with E-state index in [4.69, 9.17) is 9.73 Å². The van der Waals surface area contributed by atoms with Gasteiger partial charge in [0.1, 0.15) is 5.75 Å². The predicted molar refractivity (Wildman–Crippen MR) is 121 cm³/mol. The highest BCUT2D eigenvalue weighted by molar-refractivity contribution is 5.84. The Balaban J connectivity index is 2.03. The molecule has 1 unspecified atom stereocenters. The Kier molecular flexibility index (Phi) is 8.96. The zero-order chi connectivity index (χ0) is 22.1. The second-order valence-corrected chi connectivity index (χ2v) is 8.52. The third-order valence-electron chi connectivity index (χ3n) is 5.38. The number of amides is 1. The summed E-state index contributed by atoms with van der Waals surface area (Å²) in [6, 6.07) is 7.51. The average molecular weight is 419 g/mol. The van der Waals surface area contributed by atoms with Crippen LogP contribution in [0.15, 0.2) is 29.3 Å². The van der Waals surface area contributed by atoms with E-state index in [2.05, 4.69) is 10.6 Å². The van der Waals surface area contributed by atoms with Crippen molar-refractivity contribution in [3.05, 3.63) is 29.8 Å². The lowest BCUT2D eigenvalue weighted by atomic mass is 9.85. The van der Waals surface area contributed by atoms with Crippen LogP contribution < -0.4 is 15.4 Å². The van der Waals surface area contributed by atoms with Gasteiger partial charge in [0.15, 0.2) is 5.96 Å². The Morgan fingerprint density at radius 3 is 2.57 bits per heavy atom. The lowest BCUT2D eigenvalue weighted by Gasteiger charge is -2.29. The van der Waals surface area contributed by atoms with E-state index < -0.39 is 11.5 Å². The third kappa shape index (κ3) is 6.62. The number of hydrogen-bond donors (Lipinski definition) is 3. The monoisotopic (exact) mass is 418 g/mol. The molecule has 1 aliphatic rings. The van der Waals surface area contributed by atoms with Gasteiger partial charge in [-0.3, -0.25) is 9.79 Å². The van der Waals surface area contributed by atoms with Crippen LogP contribution in [0.1, 0.15) is 58.1 Å². The van der Waals surface area contributed by atoms with Crippen molar-refractivity contribution in [3.8, 4) is 5.75 Å². The Morgan fingerprint density at radius 1 is 1.27 bits per heavy atom. The number of aliphatic imine (C=N–C) groups is 1. The number of ether oxygens (including phenoxy) is 1. The number of nitrogens with zero attached hydrogens (tertiary/aromatic N) is 2. The summed E-state index contributed by atoms with van der Waals surface area (Å²) in [5.74, 6) is 1.51. The number of aliphatic hydroxyl groups is 1. The van der Waals surface area contributed by atoms with Gasteiger partial charge in [0.25, 0.3) is 0 Å². The predicted octanol–water partition coefficient (Wildman–Crippen LogP) is 2.71. The molecule has 168 valence electrons. The Hall–Kier alpha value is -2.28. The largest absolute Gasteiger partial charge is 0.491 e. The molecule has 1 fully saturated rings. The minimum Gasteiger partial charge on any atom is -0.491 e. The Labute approximate surface area is 180 Å². The molecule has 1 atom stereocenters. The van der Waals surface area contributed by atoms with Crippen molar-refractivity contribution in [2.75, 3.05) is 33.7 Å². The van der Waals surface area contributed by atoms with Crippen LogP contribution in [0.2, 0.25) is 0 Å². The van der Waals surface area contributed by atoms with Crippen molar-refractivity contribution in [1.82, 2.24) is 15.5 Å². The molecule has 1 aliphatic carbocycles. The van der Waals surface area contributed by atoms with Crippen molar-refractivity contribution in [2.45, 2.75) is 58.7 Å². The molecular weight excluding hydrogens is 380 g/mol. The van der Waals surface area contributed by atoms with Crippen LogP contribution in [0.4, 0.5) is 0 Å². The van der Waals surface area contributed by atoms with E-state index in [1.165, 1.54) is 0 Å². The first-order chi connectivity index (χ1) is 14.3. The van der Waals surface area contributed by atoms with E-state index in [9.17, 15) is 9.90 Å². The summed E-state index contributed by atoms with van der Waals surface area (Å²) in [6.07, 6.45) is 3.25. The van der Waals surface area contributed by atoms with Crippen molar-refractivity contribution in [1.29, 1.82) is 0 Å². The summed E-state index contributed by atoms with van der Waals surface area (Å²) >= 11 is 0. The molecule has 0 bridgehead atoms.